The van der Waals surface area contributed by atoms with Crippen LogP contribution < -0.4 is 0 Å². The van der Waals surface area contributed by atoms with Crippen molar-refractivity contribution in [2.45, 2.75) is 19.8 Å². The molecule has 48 valence electrons. The van der Waals surface area contributed by atoms with E-state index >= 15 is 0 Å². The van der Waals surface area contributed by atoms with Crippen LogP contribution in [0.2, 0.25) is 0 Å². The van der Waals surface area contributed by atoms with Gasteiger partial charge in [0.25, 0.3) is 0 Å². The van der Waals surface area contributed by atoms with Crippen molar-refractivity contribution >= 4 is 0 Å². The molecule has 3 fully saturated rings. The van der Waals surface area contributed by atoms with E-state index in [1.54, 1.807) is 0 Å². The lowest BCUT2D eigenvalue weighted by molar-refractivity contribution is 0.516. The Morgan fingerprint density at radius 2 is 2.56 bits per heavy atom. The predicted octanol–water partition coefficient (Wildman–Crippen LogP) is 2.22. The Hall–Kier alpha value is -0.260. The first-order valence-electron chi connectivity index (χ1n) is 3.98. The van der Waals surface area contributed by atoms with Crippen LogP contribution in [0.4, 0.5) is 0 Å². The van der Waals surface area contributed by atoms with Gasteiger partial charge in [-0.2, -0.15) is 0 Å². The molecule has 0 aromatic rings. The highest BCUT2D eigenvalue weighted by molar-refractivity contribution is 5.57. The van der Waals surface area contributed by atoms with Gasteiger partial charge >= 0.3 is 0 Å². The van der Waals surface area contributed by atoms with Crippen molar-refractivity contribution in [1.29, 1.82) is 0 Å². The molecule has 0 aliphatic heterocycles. The highest BCUT2D eigenvalue weighted by atomic mass is 15.1. The highest BCUT2D eigenvalue weighted by Crippen LogP contribution is 3.09. The van der Waals surface area contributed by atoms with Crippen molar-refractivity contribution in [1.82, 2.24) is 0 Å². The smallest absolute Gasteiger partial charge is 0.000952 e. The summed E-state index contributed by atoms with van der Waals surface area (Å²) in [6, 6.07) is 0. The first kappa shape index (κ1) is 4.54. The molecule has 0 heterocycles. The fourth-order valence-electron chi connectivity index (χ4n) is 3.60. The average molecular weight is 120 g/mol. The molecule has 0 aromatic heterocycles. The fraction of sp³-hybridized carbons (Fsp3) is 0.778. The van der Waals surface area contributed by atoms with E-state index in [1.165, 1.54) is 12.8 Å². The Kier molecular flexibility index (Phi) is 0.412. The van der Waals surface area contributed by atoms with Gasteiger partial charge in [-0.05, 0) is 23.7 Å². The van der Waals surface area contributed by atoms with E-state index in [2.05, 4.69) is 19.6 Å². The van der Waals surface area contributed by atoms with Gasteiger partial charge in [-0.3, -0.25) is 0 Å². The molecule has 3 rings (SSSR count). The molecule has 0 nitrogen and oxygen atoms in total. The Bertz CT molecular complexity index is 206. The van der Waals surface area contributed by atoms with Gasteiger partial charge in [0.2, 0.25) is 0 Å². The molecule has 1 spiro atoms. The van der Waals surface area contributed by atoms with Gasteiger partial charge in [-0.25, -0.2) is 0 Å². The standard InChI is InChI=1S/C9H12/c1-3-6-8(4-2)7-5-9(6,7)8/h4,6-7H,2-3,5H2,1H3. The van der Waals surface area contributed by atoms with Crippen LogP contribution in [-0.4, -0.2) is 0 Å². The summed E-state index contributed by atoms with van der Waals surface area (Å²) in [4.78, 5) is 0. The van der Waals surface area contributed by atoms with Crippen LogP contribution in [0.25, 0.3) is 0 Å². The molecule has 0 heteroatoms. The molecular formula is C9H12. The van der Waals surface area contributed by atoms with E-state index in [9.17, 15) is 0 Å². The molecule has 9 heavy (non-hydrogen) atoms. The van der Waals surface area contributed by atoms with E-state index in [-0.39, 0.29) is 0 Å². The van der Waals surface area contributed by atoms with Crippen molar-refractivity contribution in [3.05, 3.63) is 12.7 Å². The largest absolute Gasteiger partial charge is 0.102 e. The normalized spacial score (nSPS) is 72.1. The van der Waals surface area contributed by atoms with Crippen molar-refractivity contribution < 1.29 is 0 Å². The number of fused-ring (bicyclic) bond motifs is 1. The van der Waals surface area contributed by atoms with Crippen LogP contribution in [0.1, 0.15) is 19.8 Å². The minimum Gasteiger partial charge on any atom is -0.102 e. The zero-order chi connectivity index (χ0) is 6.28. The van der Waals surface area contributed by atoms with E-state index < -0.39 is 0 Å². The predicted molar refractivity (Wildman–Crippen MR) is 37.0 cm³/mol. The van der Waals surface area contributed by atoms with Crippen LogP contribution in [0.5, 0.6) is 0 Å². The Morgan fingerprint density at radius 1 is 1.78 bits per heavy atom. The summed E-state index contributed by atoms with van der Waals surface area (Å²) in [5.74, 6) is 2.18. The van der Waals surface area contributed by atoms with Crippen molar-refractivity contribution in [2.75, 3.05) is 0 Å². The van der Waals surface area contributed by atoms with Crippen molar-refractivity contribution in [2.24, 2.45) is 22.7 Å². The molecular weight excluding hydrogens is 108 g/mol. The molecule has 0 radical (unpaired) electrons. The van der Waals surface area contributed by atoms with Gasteiger partial charge in [0.05, 0.1) is 0 Å². The van der Waals surface area contributed by atoms with Gasteiger partial charge < -0.3 is 0 Å². The second kappa shape index (κ2) is 0.817. The Labute approximate surface area is 56.0 Å². The molecule has 3 aliphatic carbocycles. The minimum absolute atomic E-state index is 0.724. The topological polar surface area (TPSA) is 0 Å². The van der Waals surface area contributed by atoms with Crippen LogP contribution in [0.3, 0.4) is 0 Å². The summed E-state index contributed by atoms with van der Waals surface area (Å²) in [6.45, 7) is 6.22. The molecule has 4 atom stereocenters. The molecule has 0 N–H and O–H groups in total. The first-order valence-corrected chi connectivity index (χ1v) is 3.98. The zero-order valence-electron chi connectivity index (χ0n) is 5.85. The van der Waals surface area contributed by atoms with Crippen molar-refractivity contribution in [3.63, 3.8) is 0 Å². The van der Waals surface area contributed by atoms with E-state index in [4.69, 9.17) is 0 Å². The molecule has 0 bridgehead atoms. The summed E-state index contributed by atoms with van der Waals surface area (Å²) in [6.07, 6.45) is 5.16. The van der Waals surface area contributed by atoms with E-state index in [0.29, 0.717) is 0 Å². The summed E-state index contributed by atoms with van der Waals surface area (Å²) >= 11 is 0. The lowest BCUT2D eigenvalue weighted by Crippen LogP contribution is -1.96. The van der Waals surface area contributed by atoms with Crippen LogP contribution in [-0.2, 0) is 0 Å². The quantitative estimate of drug-likeness (QED) is 0.490. The molecule has 4 unspecified atom stereocenters. The summed E-state index contributed by atoms with van der Waals surface area (Å²) in [5.41, 5.74) is 1.60. The summed E-state index contributed by atoms with van der Waals surface area (Å²) < 4.78 is 0. The fourth-order valence-corrected chi connectivity index (χ4v) is 3.60. The SMILES string of the molecule is C=CC12C(CC)C13CC23. The monoisotopic (exact) mass is 120 g/mol. The maximum atomic E-state index is 3.91. The number of rotatable bonds is 2. The Balaban J connectivity index is 1.96. The molecule has 3 aliphatic rings. The molecule has 0 amide bonds. The lowest BCUT2D eigenvalue weighted by atomic mass is 10.0. The number of allylic oxidation sites excluding steroid dienone is 1. The molecule has 0 saturated heterocycles. The molecule has 3 saturated carbocycles. The van der Waals surface area contributed by atoms with Crippen LogP contribution >= 0.6 is 0 Å². The van der Waals surface area contributed by atoms with E-state index in [1.807, 2.05) is 0 Å². The lowest BCUT2D eigenvalue weighted by Gasteiger charge is -2.03. The van der Waals surface area contributed by atoms with Gasteiger partial charge in [-0.15, -0.1) is 6.58 Å². The summed E-state index contributed by atoms with van der Waals surface area (Å²) in [5, 5.41) is 0. The van der Waals surface area contributed by atoms with Crippen LogP contribution in [0, 0.1) is 22.7 Å². The highest BCUT2D eigenvalue weighted by Gasteiger charge is 3.05. The van der Waals surface area contributed by atoms with Gasteiger partial charge in [0, 0.05) is 5.41 Å². The van der Waals surface area contributed by atoms with Gasteiger partial charge in [0.1, 0.15) is 0 Å². The second-order valence-corrected chi connectivity index (χ2v) is 3.90. The average Bonchev–Trinajstić information content (AvgIpc) is 2.69. The third-order valence-electron chi connectivity index (χ3n) is 4.16. The maximum absolute atomic E-state index is 3.91. The maximum Gasteiger partial charge on any atom is 0.000952 e. The number of hydrogen-bond donors (Lipinski definition) is 0. The number of hydrogen-bond acceptors (Lipinski definition) is 0. The Morgan fingerprint density at radius 3 is 2.67 bits per heavy atom. The third kappa shape index (κ3) is 0.189. The molecule has 0 aromatic carbocycles. The third-order valence-corrected chi connectivity index (χ3v) is 4.16. The first-order chi connectivity index (χ1) is 4.34. The van der Waals surface area contributed by atoms with Gasteiger partial charge in [-0.1, -0.05) is 19.4 Å². The summed E-state index contributed by atoms with van der Waals surface area (Å²) in [7, 11) is 0. The minimum atomic E-state index is 0.724. The van der Waals surface area contributed by atoms with Gasteiger partial charge in [0.15, 0.2) is 0 Å². The van der Waals surface area contributed by atoms with E-state index in [0.717, 1.165) is 22.7 Å². The zero-order valence-corrected chi connectivity index (χ0v) is 5.85. The van der Waals surface area contributed by atoms with Crippen LogP contribution in [0.15, 0.2) is 12.7 Å². The second-order valence-electron chi connectivity index (χ2n) is 3.90. The van der Waals surface area contributed by atoms with Crippen molar-refractivity contribution in [3.8, 4) is 0 Å².